The largest absolute Gasteiger partial charge is 0.370 e. The number of hydrogen-bond acceptors (Lipinski definition) is 5. The molecule has 0 saturated carbocycles. The Bertz CT molecular complexity index is 596. The number of anilines is 1. The van der Waals surface area contributed by atoms with Crippen LogP contribution in [0, 0.1) is 0 Å². The van der Waals surface area contributed by atoms with Crippen LogP contribution < -0.4 is 15.5 Å². The predicted molar refractivity (Wildman–Crippen MR) is 109 cm³/mol. The first-order valence-electron chi connectivity index (χ1n) is 10.00. The van der Waals surface area contributed by atoms with E-state index < -0.39 is 0 Å². The molecular formula is C21H33N5. The van der Waals surface area contributed by atoms with Crippen molar-refractivity contribution in [2.45, 2.75) is 45.2 Å². The maximum Gasteiger partial charge on any atom is 0.106 e. The van der Waals surface area contributed by atoms with Crippen molar-refractivity contribution >= 4 is 5.69 Å². The van der Waals surface area contributed by atoms with Crippen molar-refractivity contribution < 1.29 is 0 Å². The van der Waals surface area contributed by atoms with E-state index in [0.29, 0.717) is 12.1 Å². The highest BCUT2D eigenvalue weighted by Gasteiger charge is 2.18. The maximum atomic E-state index is 4.12. The fourth-order valence-electron chi connectivity index (χ4n) is 3.74. The Labute approximate surface area is 158 Å². The molecule has 1 saturated heterocycles. The molecule has 5 nitrogen and oxygen atoms in total. The monoisotopic (exact) mass is 355 g/mol. The Kier molecular flexibility index (Phi) is 7.09. The molecule has 2 aliphatic rings. The lowest BCUT2D eigenvalue weighted by molar-refractivity contribution is 0.229. The molecule has 1 fully saturated rings. The Balaban J connectivity index is 1.43. The Morgan fingerprint density at radius 3 is 2.81 bits per heavy atom. The summed E-state index contributed by atoms with van der Waals surface area (Å²) in [6, 6.07) is 5.43. The SMILES string of the molecule is CC(C)N1CCCC(NCCNC2=CC=CCN2c2ccncc2)CC1. The third-order valence-electron chi connectivity index (χ3n) is 5.30. The molecule has 0 amide bonds. The summed E-state index contributed by atoms with van der Waals surface area (Å²) in [5, 5.41) is 7.35. The van der Waals surface area contributed by atoms with Gasteiger partial charge in [-0.05, 0) is 64.4 Å². The average molecular weight is 356 g/mol. The van der Waals surface area contributed by atoms with E-state index in [-0.39, 0.29) is 0 Å². The third-order valence-corrected chi connectivity index (χ3v) is 5.30. The lowest BCUT2D eigenvalue weighted by Gasteiger charge is -2.29. The van der Waals surface area contributed by atoms with Crippen LogP contribution in [-0.2, 0) is 0 Å². The first-order valence-corrected chi connectivity index (χ1v) is 10.00. The molecule has 1 aromatic heterocycles. The first kappa shape index (κ1) is 18.9. The second kappa shape index (κ2) is 9.74. The Hall–Kier alpha value is -1.85. The number of pyridine rings is 1. The second-order valence-corrected chi connectivity index (χ2v) is 7.43. The van der Waals surface area contributed by atoms with Gasteiger partial charge in [-0.15, -0.1) is 0 Å². The van der Waals surface area contributed by atoms with Gasteiger partial charge in [0.2, 0.25) is 0 Å². The zero-order chi connectivity index (χ0) is 18.2. The zero-order valence-corrected chi connectivity index (χ0v) is 16.2. The summed E-state index contributed by atoms with van der Waals surface area (Å²) in [7, 11) is 0. The van der Waals surface area contributed by atoms with Gasteiger partial charge in [-0.25, -0.2) is 0 Å². The van der Waals surface area contributed by atoms with E-state index in [1.54, 1.807) is 0 Å². The summed E-state index contributed by atoms with van der Waals surface area (Å²) in [5.74, 6) is 1.16. The standard InChI is InChI=1S/C21H33N5/c1-18(2)25-15-5-6-19(10-17-25)23-13-14-24-21-7-3-4-16-26(21)20-8-11-22-12-9-20/h3-4,7-9,11-12,18-19,23-24H,5-6,10,13-17H2,1-2H3. The summed E-state index contributed by atoms with van der Waals surface area (Å²) in [6.45, 7) is 9.90. The molecule has 5 heteroatoms. The minimum atomic E-state index is 0.650. The highest BCUT2D eigenvalue weighted by molar-refractivity contribution is 5.53. The van der Waals surface area contributed by atoms with E-state index >= 15 is 0 Å². The van der Waals surface area contributed by atoms with Crippen molar-refractivity contribution in [3.8, 4) is 0 Å². The van der Waals surface area contributed by atoms with Gasteiger partial charge in [-0.3, -0.25) is 4.98 Å². The van der Waals surface area contributed by atoms with E-state index in [9.17, 15) is 0 Å². The van der Waals surface area contributed by atoms with E-state index in [4.69, 9.17) is 0 Å². The summed E-state index contributed by atoms with van der Waals surface area (Å²) in [5.41, 5.74) is 1.17. The van der Waals surface area contributed by atoms with Gasteiger partial charge in [0.1, 0.15) is 5.82 Å². The summed E-state index contributed by atoms with van der Waals surface area (Å²) >= 11 is 0. The van der Waals surface area contributed by atoms with Gasteiger partial charge in [0.15, 0.2) is 0 Å². The quantitative estimate of drug-likeness (QED) is 0.736. The number of hydrogen-bond donors (Lipinski definition) is 2. The van der Waals surface area contributed by atoms with Crippen LogP contribution in [0.5, 0.6) is 0 Å². The van der Waals surface area contributed by atoms with Crippen molar-refractivity contribution in [3.05, 3.63) is 48.6 Å². The number of aromatic nitrogens is 1. The van der Waals surface area contributed by atoms with Crippen molar-refractivity contribution in [2.24, 2.45) is 0 Å². The first-order chi connectivity index (χ1) is 12.7. The Morgan fingerprint density at radius 2 is 2.00 bits per heavy atom. The van der Waals surface area contributed by atoms with Crippen LogP contribution >= 0.6 is 0 Å². The average Bonchev–Trinajstić information content (AvgIpc) is 2.92. The highest BCUT2D eigenvalue weighted by Crippen LogP contribution is 2.19. The van der Waals surface area contributed by atoms with Crippen LogP contribution in [0.15, 0.2) is 48.6 Å². The molecular weight excluding hydrogens is 322 g/mol. The molecule has 0 aliphatic carbocycles. The van der Waals surface area contributed by atoms with Crippen LogP contribution in [-0.4, -0.2) is 54.7 Å². The third kappa shape index (κ3) is 5.32. The van der Waals surface area contributed by atoms with Crippen molar-refractivity contribution in [1.82, 2.24) is 20.5 Å². The molecule has 3 rings (SSSR count). The van der Waals surface area contributed by atoms with Crippen LogP contribution in [0.4, 0.5) is 5.69 Å². The number of nitrogens with zero attached hydrogens (tertiary/aromatic N) is 3. The van der Waals surface area contributed by atoms with Gasteiger partial charge in [0, 0.05) is 49.8 Å². The normalized spacial score (nSPS) is 21.6. The van der Waals surface area contributed by atoms with Crippen LogP contribution in [0.1, 0.15) is 33.1 Å². The van der Waals surface area contributed by atoms with Crippen LogP contribution in [0.3, 0.4) is 0 Å². The van der Waals surface area contributed by atoms with Gasteiger partial charge in [0.25, 0.3) is 0 Å². The van der Waals surface area contributed by atoms with Crippen molar-refractivity contribution in [1.29, 1.82) is 0 Å². The van der Waals surface area contributed by atoms with Crippen molar-refractivity contribution in [2.75, 3.05) is 37.6 Å². The number of nitrogens with one attached hydrogen (secondary N) is 2. The van der Waals surface area contributed by atoms with E-state index in [1.807, 2.05) is 12.4 Å². The number of allylic oxidation sites excluding steroid dienone is 2. The minimum Gasteiger partial charge on any atom is -0.370 e. The summed E-state index contributed by atoms with van der Waals surface area (Å²) in [4.78, 5) is 9.01. The molecule has 0 radical (unpaired) electrons. The van der Waals surface area contributed by atoms with Crippen molar-refractivity contribution in [3.63, 3.8) is 0 Å². The molecule has 26 heavy (non-hydrogen) atoms. The minimum absolute atomic E-state index is 0.650. The lowest BCUT2D eigenvalue weighted by Crippen LogP contribution is -2.39. The van der Waals surface area contributed by atoms with E-state index in [1.165, 1.54) is 38.0 Å². The fourth-order valence-corrected chi connectivity index (χ4v) is 3.74. The molecule has 0 aromatic carbocycles. The number of likely N-dealkylation sites (tertiary alicyclic amines) is 1. The molecule has 1 unspecified atom stereocenters. The molecule has 142 valence electrons. The predicted octanol–water partition coefficient (Wildman–Crippen LogP) is 2.74. The molecule has 0 spiro atoms. The van der Waals surface area contributed by atoms with Gasteiger partial charge in [-0.1, -0.05) is 12.2 Å². The van der Waals surface area contributed by atoms with E-state index in [2.05, 4.69) is 69.6 Å². The molecule has 1 atom stereocenters. The topological polar surface area (TPSA) is 43.4 Å². The summed E-state index contributed by atoms with van der Waals surface area (Å²) < 4.78 is 0. The fraction of sp³-hybridized carbons (Fsp3) is 0.571. The van der Waals surface area contributed by atoms with Gasteiger partial charge >= 0.3 is 0 Å². The molecule has 2 aliphatic heterocycles. The van der Waals surface area contributed by atoms with Gasteiger partial charge in [-0.2, -0.15) is 0 Å². The zero-order valence-electron chi connectivity index (χ0n) is 16.2. The van der Waals surface area contributed by atoms with Gasteiger partial charge in [0.05, 0.1) is 0 Å². The highest BCUT2D eigenvalue weighted by atomic mass is 15.2. The van der Waals surface area contributed by atoms with E-state index in [0.717, 1.165) is 25.5 Å². The molecule has 3 heterocycles. The smallest absolute Gasteiger partial charge is 0.106 e. The maximum absolute atomic E-state index is 4.12. The molecule has 1 aromatic rings. The lowest BCUT2D eigenvalue weighted by atomic mass is 10.1. The number of rotatable bonds is 7. The van der Waals surface area contributed by atoms with Crippen LogP contribution in [0.25, 0.3) is 0 Å². The second-order valence-electron chi connectivity index (χ2n) is 7.43. The van der Waals surface area contributed by atoms with Gasteiger partial charge < -0.3 is 20.4 Å². The Morgan fingerprint density at radius 1 is 1.15 bits per heavy atom. The van der Waals surface area contributed by atoms with Crippen LogP contribution in [0.2, 0.25) is 0 Å². The summed E-state index contributed by atoms with van der Waals surface area (Å²) in [6.07, 6.45) is 14.0. The molecule has 2 N–H and O–H groups in total. The molecule has 0 bridgehead atoms.